The molecule has 2 aromatic carbocycles. The Morgan fingerprint density at radius 2 is 1.90 bits per heavy atom. The summed E-state index contributed by atoms with van der Waals surface area (Å²) in [5, 5.41) is 12.5. The van der Waals surface area contributed by atoms with Crippen molar-refractivity contribution in [3.63, 3.8) is 0 Å². The first-order chi connectivity index (χ1) is 10.1. The Kier molecular flexibility index (Phi) is 4.82. The lowest BCUT2D eigenvalue weighted by atomic mass is 10.1. The van der Waals surface area contributed by atoms with Crippen LogP contribution in [0.4, 0.5) is 5.69 Å². The standard InChI is InChI=1S/C17H19NO3/c1-3-4-12-5-7-13(8-6-12)18-17(20)15-11-14(21-2)9-10-16(15)19/h5-11,19H,3-4H2,1-2H3,(H,18,20). The van der Waals surface area contributed by atoms with E-state index in [1.165, 1.54) is 24.8 Å². The van der Waals surface area contributed by atoms with Gasteiger partial charge in [-0.2, -0.15) is 0 Å². The highest BCUT2D eigenvalue weighted by molar-refractivity contribution is 6.06. The zero-order valence-electron chi connectivity index (χ0n) is 12.2. The van der Waals surface area contributed by atoms with Gasteiger partial charge in [0.25, 0.3) is 5.91 Å². The average molecular weight is 285 g/mol. The molecule has 0 saturated carbocycles. The fourth-order valence-electron chi connectivity index (χ4n) is 2.07. The first kappa shape index (κ1) is 14.9. The Bertz CT molecular complexity index is 620. The Balaban J connectivity index is 2.14. The summed E-state index contributed by atoms with van der Waals surface area (Å²) in [5.74, 6) is 0.0850. The first-order valence-corrected chi connectivity index (χ1v) is 6.91. The van der Waals surface area contributed by atoms with Crippen LogP contribution in [0.5, 0.6) is 11.5 Å². The molecule has 4 nitrogen and oxygen atoms in total. The topological polar surface area (TPSA) is 58.6 Å². The summed E-state index contributed by atoms with van der Waals surface area (Å²) < 4.78 is 5.06. The molecule has 2 aromatic rings. The molecule has 21 heavy (non-hydrogen) atoms. The smallest absolute Gasteiger partial charge is 0.259 e. The molecular formula is C17H19NO3. The molecule has 2 rings (SSSR count). The predicted octanol–water partition coefficient (Wildman–Crippen LogP) is 3.61. The van der Waals surface area contributed by atoms with Gasteiger partial charge < -0.3 is 15.2 Å². The van der Waals surface area contributed by atoms with E-state index in [1.54, 1.807) is 6.07 Å². The highest BCUT2D eigenvalue weighted by Gasteiger charge is 2.12. The molecule has 0 spiro atoms. The largest absolute Gasteiger partial charge is 0.507 e. The molecule has 0 heterocycles. The fraction of sp³-hybridized carbons (Fsp3) is 0.235. The van der Waals surface area contributed by atoms with Gasteiger partial charge in [0.1, 0.15) is 11.5 Å². The maximum absolute atomic E-state index is 12.2. The van der Waals surface area contributed by atoms with E-state index in [0.29, 0.717) is 11.4 Å². The number of ether oxygens (including phenoxy) is 1. The fourth-order valence-corrected chi connectivity index (χ4v) is 2.07. The van der Waals surface area contributed by atoms with Gasteiger partial charge >= 0.3 is 0 Å². The molecule has 0 atom stereocenters. The molecule has 110 valence electrons. The summed E-state index contributed by atoms with van der Waals surface area (Å²) >= 11 is 0. The Morgan fingerprint density at radius 1 is 1.19 bits per heavy atom. The summed E-state index contributed by atoms with van der Waals surface area (Å²) in [6.45, 7) is 2.13. The van der Waals surface area contributed by atoms with Crippen LogP contribution < -0.4 is 10.1 Å². The molecule has 0 aliphatic carbocycles. The van der Waals surface area contributed by atoms with Gasteiger partial charge in [-0.1, -0.05) is 25.5 Å². The number of aryl methyl sites for hydroxylation is 1. The molecule has 2 N–H and O–H groups in total. The van der Waals surface area contributed by atoms with Gasteiger partial charge in [0.2, 0.25) is 0 Å². The van der Waals surface area contributed by atoms with E-state index < -0.39 is 0 Å². The number of hydrogen-bond acceptors (Lipinski definition) is 3. The molecule has 0 aromatic heterocycles. The van der Waals surface area contributed by atoms with E-state index in [4.69, 9.17) is 4.74 Å². The van der Waals surface area contributed by atoms with Gasteiger partial charge in [-0.05, 0) is 42.3 Å². The van der Waals surface area contributed by atoms with Crippen molar-refractivity contribution < 1.29 is 14.6 Å². The molecule has 0 unspecified atom stereocenters. The van der Waals surface area contributed by atoms with E-state index in [1.807, 2.05) is 24.3 Å². The molecule has 0 bridgehead atoms. The minimum atomic E-state index is -0.366. The first-order valence-electron chi connectivity index (χ1n) is 6.91. The third kappa shape index (κ3) is 3.75. The van der Waals surface area contributed by atoms with Crippen molar-refractivity contribution in [3.05, 3.63) is 53.6 Å². The van der Waals surface area contributed by atoms with Crippen LogP contribution in [-0.2, 0) is 6.42 Å². The van der Waals surface area contributed by atoms with Crippen LogP contribution in [0.3, 0.4) is 0 Å². The van der Waals surface area contributed by atoms with E-state index in [0.717, 1.165) is 12.8 Å². The Hall–Kier alpha value is -2.49. The summed E-state index contributed by atoms with van der Waals surface area (Å²) in [5.41, 5.74) is 2.12. The molecule has 1 amide bonds. The number of nitrogens with one attached hydrogen (secondary N) is 1. The van der Waals surface area contributed by atoms with Crippen LogP contribution in [-0.4, -0.2) is 18.1 Å². The molecule has 0 fully saturated rings. The van der Waals surface area contributed by atoms with Gasteiger partial charge in [-0.15, -0.1) is 0 Å². The van der Waals surface area contributed by atoms with Crippen molar-refractivity contribution in [2.75, 3.05) is 12.4 Å². The molecule has 0 aliphatic heterocycles. The van der Waals surface area contributed by atoms with Crippen molar-refractivity contribution in [2.45, 2.75) is 19.8 Å². The van der Waals surface area contributed by atoms with Crippen molar-refractivity contribution in [1.82, 2.24) is 0 Å². The van der Waals surface area contributed by atoms with Gasteiger partial charge in [0.15, 0.2) is 0 Å². The maximum Gasteiger partial charge on any atom is 0.259 e. The molecule has 0 radical (unpaired) electrons. The second-order valence-electron chi connectivity index (χ2n) is 4.78. The summed E-state index contributed by atoms with van der Waals surface area (Å²) in [6.07, 6.45) is 2.11. The van der Waals surface area contributed by atoms with Crippen LogP contribution in [0, 0.1) is 0 Å². The summed E-state index contributed by atoms with van der Waals surface area (Å²) in [7, 11) is 1.51. The molecule has 0 saturated heterocycles. The minimum Gasteiger partial charge on any atom is -0.507 e. The van der Waals surface area contributed by atoms with E-state index in [9.17, 15) is 9.90 Å². The van der Waals surface area contributed by atoms with Gasteiger partial charge in [0, 0.05) is 5.69 Å². The van der Waals surface area contributed by atoms with Crippen LogP contribution in [0.1, 0.15) is 29.3 Å². The Labute approximate surface area is 124 Å². The van der Waals surface area contributed by atoms with Crippen molar-refractivity contribution in [1.29, 1.82) is 0 Å². The number of carbonyl (C=O) groups is 1. The second kappa shape index (κ2) is 6.79. The SMILES string of the molecule is CCCc1ccc(NC(=O)c2cc(OC)ccc2O)cc1. The lowest BCUT2D eigenvalue weighted by Gasteiger charge is -2.09. The zero-order valence-corrected chi connectivity index (χ0v) is 12.2. The number of carbonyl (C=O) groups excluding carboxylic acids is 1. The normalized spacial score (nSPS) is 10.2. The van der Waals surface area contributed by atoms with E-state index in [-0.39, 0.29) is 17.2 Å². The second-order valence-corrected chi connectivity index (χ2v) is 4.78. The van der Waals surface area contributed by atoms with Gasteiger partial charge in [0.05, 0.1) is 12.7 Å². The van der Waals surface area contributed by atoms with E-state index >= 15 is 0 Å². The number of rotatable bonds is 5. The third-order valence-electron chi connectivity index (χ3n) is 3.20. The quantitative estimate of drug-likeness (QED) is 0.882. The number of methoxy groups -OCH3 is 1. The minimum absolute atomic E-state index is 0.0732. The van der Waals surface area contributed by atoms with Gasteiger partial charge in [-0.3, -0.25) is 4.79 Å². The van der Waals surface area contributed by atoms with Crippen molar-refractivity contribution in [3.8, 4) is 11.5 Å². The third-order valence-corrected chi connectivity index (χ3v) is 3.20. The highest BCUT2D eigenvalue weighted by atomic mass is 16.5. The average Bonchev–Trinajstić information content (AvgIpc) is 2.50. The molecular weight excluding hydrogens is 266 g/mol. The summed E-state index contributed by atoms with van der Waals surface area (Å²) in [6, 6.07) is 12.3. The zero-order chi connectivity index (χ0) is 15.2. The van der Waals surface area contributed by atoms with Crippen LogP contribution >= 0.6 is 0 Å². The van der Waals surface area contributed by atoms with Crippen molar-refractivity contribution in [2.24, 2.45) is 0 Å². The van der Waals surface area contributed by atoms with Gasteiger partial charge in [-0.25, -0.2) is 0 Å². The number of anilines is 1. The number of amides is 1. The monoisotopic (exact) mass is 285 g/mol. The lowest BCUT2D eigenvalue weighted by Crippen LogP contribution is -2.12. The predicted molar refractivity (Wildman–Crippen MR) is 83.0 cm³/mol. The van der Waals surface area contributed by atoms with E-state index in [2.05, 4.69) is 12.2 Å². The Morgan fingerprint density at radius 3 is 2.52 bits per heavy atom. The number of benzene rings is 2. The van der Waals surface area contributed by atoms with Crippen LogP contribution in [0.15, 0.2) is 42.5 Å². The van der Waals surface area contributed by atoms with Crippen LogP contribution in [0.2, 0.25) is 0 Å². The number of phenols is 1. The highest BCUT2D eigenvalue weighted by Crippen LogP contribution is 2.24. The lowest BCUT2D eigenvalue weighted by molar-refractivity contribution is 0.102. The van der Waals surface area contributed by atoms with Crippen molar-refractivity contribution >= 4 is 11.6 Å². The number of phenolic OH excluding ortho intramolecular Hbond substituents is 1. The molecule has 0 aliphatic rings. The number of hydrogen-bond donors (Lipinski definition) is 2. The number of aromatic hydroxyl groups is 1. The maximum atomic E-state index is 12.2. The molecule has 4 heteroatoms. The van der Waals surface area contributed by atoms with Crippen LogP contribution in [0.25, 0.3) is 0 Å². The summed E-state index contributed by atoms with van der Waals surface area (Å²) in [4.78, 5) is 12.2.